The maximum Gasteiger partial charge on any atom is 0.136 e. The number of para-hydroxylation sites is 2. The number of ketones is 1. The van der Waals surface area contributed by atoms with Gasteiger partial charge in [0.15, 0.2) is 0 Å². The average Bonchev–Trinajstić information content (AvgIpc) is 2.30. The van der Waals surface area contributed by atoms with E-state index in [1.54, 1.807) is 0 Å². The van der Waals surface area contributed by atoms with Gasteiger partial charge in [-0.25, -0.2) is 0 Å². The van der Waals surface area contributed by atoms with E-state index in [2.05, 4.69) is 28.0 Å². The lowest BCUT2D eigenvalue weighted by Gasteiger charge is -2.31. The van der Waals surface area contributed by atoms with Gasteiger partial charge in [-0.1, -0.05) is 12.1 Å². The zero-order valence-electron chi connectivity index (χ0n) is 9.94. The van der Waals surface area contributed by atoms with Crippen molar-refractivity contribution in [3.8, 4) is 0 Å². The van der Waals surface area contributed by atoms with E-state index in [0.29, 0.717) is 18.6 Å². The molecule has 0 bridgehead atoms. The van der Waals surface area contributed by atoms with Gasteiger partial charge in [-0.05, 0) is 12.1 Å². The van der Waals surface area contributed by atoms with Gasteiger partial charge in [0, 0.05) is 40.0 Å². The molecule has 86 valence electrons. The zero-order chi connectivity index (χ0) is 11.5. The molecule has 0 spiro atoms. The molecule has 0 radical (unpaired) electrons. The molecule has 1 aliphatic heterocycles. The van der Waals surface area contributed by atoms with Crippen LogP contribution in [0, 0.1) is 0 Å². The largest absolute Gasteiger partial charge is 0.376 e. The highest BCUT2D eigenvalue weighted by atomic mass is 16.1. The highest BCUT2D eigenvalue weighted by Crippen LogP contribution is 2.29. The lowest BCUT2D eigenvalue weighted by molar-refractivity contribution is -0.119. The lowest BCUT2D eigenvalue weighted by atomic mass is 10.1. The van der Waals surface area contributed by atoms with Crippen molar-refractivity contribution in [2.75, 3.05) is 37.0 Å². The summed E-state index contributed by atoms with van der Waals surface area (Å²) in [7, 11) is 4.10. The summed E-state index contributed by atoms with van der Waals surface area (Å²) < 4.78 is 0. The fourth-order valence-electron chi connectivity index (χ4n) is 2.11. The summed E-state index contributed by atoms with van der Waals surface area (Å²) in [6, 6.07) is 8.35. The molecule has 1 aromatic carbocycles. The van der Waals surface area contributed by atoms with Crippen LogP contribution in [0.4, 0.5) is 11.4 Å². The molecule has 16 heavy (non-hydrogen) atoms. The highest BCUT2D eigenvalue weighted by molar-refractivity contribution is 5.82. The molecule has 3 nitrogen and oxygen atoms in total. The van der Waals surface area contributed by atoms with E-state index >= 15 is 0 Å². The number of benzene rings is 1. The minimum absolute atomic E-state index is 0.388. The Morgan fingerprint density at radius 3 is 2.38 bits per heavy atom. The van der Waals surface area contributed by atoms with Crippen molar-refractivity contribution >= 4 is 17.2 Å². The number of hydrogen-bond acceptors (Lipinski definition) is 3. The van der Waals surface area contributed by atoms with Gasteiger partial charge < -0.3 is 9.80 Å². The number of carbonyl (C=O) groups excluding carboxylic acids is 1. The molecule has 1 aliphatic rings. The molecule has 1 fully saturated rings. The first kappa shape index (κ1) is 11.0. The Morgan fingerprint density at radius 2 is 1.75 bits per heavy atom. The summed E-state index contributed by atoms with van der Waals surface area (Å²) >= 11 is 0. The van der Waals surface area contributed by atoms with E-state index in [0.717, 1.165) is 13.1 Å². The van der Waals surface area contributed by atoms with Gasteiger partial charge in [0.2, 0.25) is 0 Å². The van der Waals surface area contributed by atoms with Gasteiger partial charge in [-0.2, -0.15) is 0 Å². The van der Waals surface area contributed by atoms with Crippen molar-refractivity contribution in [1.29, 1.82) is 0 Å². The van der Waals surface area contributed by atoms with Crippen LogP contribution in [-0.2, 0) is 4.79 Å². The number of nitrogens with zero attached hydrogens (tertiary/aromatic N) is 2. The zero-order valence-corrected chi connectivity index (χ0v) is 9.94. The fraction of sp³-hybridized carbons (Fsp3) is 0.462. The number of piperidine rings is 1. The van der Waals surface area contributed by atoms with E-state index in [1.165, 1.54) is 11.4 Å². The second-order valence-electron chi connectivity index (χ2n) is 4.41. The molecular weight excluding hydrogens is 200 g/mol. The number of anilines is 2. The summed E-state index contributed by atoms with van der Waals surface area (Å²) in [6.07, 6.45) is 1.36. The van der Waals surface area contributed by atoms with Crippen LogP contribution in [-0.4, -0.2) is 33.0 Å². The first-order chi connectivity index (χ1) is 7.68. The van der Waals surface area contributed by atoms with Crippen LogP contribution in [0.15, 0.2) is 24.3 Å². The maximum absolute atomic E-state index is 11.2. The first-order valence-electron chi connectivity index (χ1n) is 5.71. The molecule has 0 aliphatic carbocycles. The molecule has 3 heteroatoms. The summed E-state index contributed by atoms with van der Waals surface area (Å²) in [4.78, 5) is 15.6. The van der Waals surface area contributed by atoms with E-state index < -0.39 is 0 Å². The van der Waals surface area contributed by atoms with Gasteiger partial charge in [-0.15, -0.1) is 0 Å². The van der Waals surface area contributed by atoms with Crippen molar-refractivity contribution in [3.63, 3.8) is 0 Å². The minimum Gasteiger partial charge on any atom is -0.376 e. The van der Waals surface area contributed by atoms with Gasteiger partial charge in [0.25, 0.3) is 0 Å². The van der Waals surface area contributed by atoms with Gasteiger partial charge in [0.05, 0.1) is 11.4 Å². The normalized spacial score (nSPS) is 16.4. The lowest BCUT2D eigenvalue weighted by Crippen LogP contribution is -2.34. The van der Waals surface area contributed by atoms with Crippen LogP contribution in [0.1, 0.15) is 12.8 Å². The van der Waals surface area contributed by atoms with E-state index in [4.69, 9.17) is 0 Å². The SMILES string of the molecule is CN(C)c1ccccc1N1CCC(=O)CC1. The van der Waals surface area contributed by atoms with E-state index in [1.807, 2.05) is 20.2 Å². The van der Waals surface area contributed by atoms with E-state index in [-0.39, 0.29) is 0 Å². The third kappa shape index (κ3) is 2.18. The van der Waals surface area contributed by atoms with Gasteiger partial charge >= 0.3 is 0 Å². The first-order valence-corrected chi connectivity index (χ1v) is 5.71. The quantitative estimate of drug-likeness (QED) is 0.757. The molecule has 0 aromatic heterocycles. The van der Waals surface area contributed by atoms with E-state index in [9.17, 15) is 4.79 Å². The Hall–Kier alpha value is -1.51. The fourth-order valence-corrected chi connectivity index (χ4v) is 2.11. The smallest absolute Gasteiger partial charge is 0.136 e. The topological polar surface area (TPSA) is 23.6 Å². The molecule has 2 rings (SSSR count). The molecule has 1 heterocycles. The predicted octanol–water partition coefficient (Wildman–Crippen LogP) is 1.92. The Labute approximate surface area is 96.7 Å². The highest BCUT2D eigenvalue weighted by Gasteiger charge is 2.18. The molecule has 0 amide bonds. The summed E-state index contributed by atoms with van der Waals surface area (Å²) in [5.74, 6) is 0.388. The second-order valence-corrected chi connectivity index (χ2v) is 4.41. The van der Waals surface area contributed by atoms with Gasteiger partial charge in [-0.3, -0.25) is 4.79 Å². The number of hydrogen-bond donors (Lipinski definition) is 0. The third-order valence-electron chi connectivity index (χ3n) is 3.03. The second kappa shape index (κ2) is 4.56. The molecular formula is C13H18N2O. The van der Waals surface area contributed by atoms with Crippen molar-refractivity contribution in [2.24, 2.45) is 0 Å². The number of carbonyl (C=O) groups is 1. The molecule has 0 atom stereocenters. The Morgan fingerprint density at radius 1 is 1.12 bits per heavy atom. The van der Waals surface area contributed by atoms with Crippen LogP contribution in [0.25, 0.3) is 0 Å². The van der Waals surface area contributed by atoms with Crippen LogP contribution in [0.2, 0.25) is 0 Å². The number of rotatable bonds is 2. The van der Waals surface area contributed by atoms with Crippen molar-refractivity contribution in [3.05, 3.63) is 24.3 Å². The van der Waals surface area contributed by atoms with Crippen molar-refractivity contribution < 1.29 is 4.79 Å². The van der Waals surface area contributed by atoms with Crippen LogP contribution in [0.3, 0.4) is 0 Å². The Kier molecular flexibility index (Phi) is 3.13. The predicted molar refractivity (Wildman–Crippen MR) is 67.2 cm³/mol. The Bertz CT molecular complexity index is 377. The summed E-state index contributed by atoms with van der Waals surface area (Å²) in [5.41, 5.74) is 2.46. The van der Waals surface area contributed by atoms with Crippen molar-refractivity contribution in [1.82, 2.24) is 0 Å². The van der Waals surface area contributed by atoms with Crippen LogP contribution >= 0.6 is 0 Å². The summed E-state index contributed by atoms with van der Waals surface area (Å²) in [6.45, 7) is 1.70. The molecule has 1 saturated heterocycles. The molecule has 1 aromatic rings. The maximum atomic E-state index is 11.2. The van der Waals surface area contributed by atoms with Crippen LogP contribution < -0.4 is 9.80 Å². The van der Waals surface area contributed by atoms with Crippen molar-refractivity contribution in [2.45, 2.75) is 12.8 Å². The average molecular weight is 218 g/mol. The third-order valence-corrected chi connectivity index (χ3v) is 3.03. The number of Topliss-reactive ketones (excluding diaryl/α,β-unsaturated/α-hetero) is 1. The molecule has 0 unspecified atom stereocenters. The molecule has 0 saturated carbocycles. The van der Waals surface area contributed by atoms with Crippen LogP contribution in [0.5, 0.6) is 0 Å². The monoisotopic (exact) mass is 218 g/mol. The minimum atomic E-state index is 0.388. The standard InChI is InChI=1S/C13H18N2O/c1-14(2)12-5-3-4-6-13(12)15-9-7-11(16)8-10-15/h3-6H,7-10H2,1-2H3. The Balaban J connectivity index is 2.23. The van der Waals surface area contributed by atoms with Gasteiger partial charge in [0.1, 0.15) is 5.78 Å². The summed E-state index contributed by atoms with van der Waals surface area (Å²) in [5, 5.41) is 0. The molecule has 0 N–H and O–H groups in total.